The molecule has 0 atom stereocenters. The molecule has 1 aliphatic rings. The zero-order chi connectivity index (χ0) is 21.2. The highest BCUT2D eigenvalue weighted by Crippen LogP contribution is 2.31. The number of hydrogen-bond acceptors (Lipinski definition) is 8. The number of aryl methyl sites for hydroxylation is 1. The first-order valence-corrected chi connectivity index (χ1v) is 10.7. The summed E-state index contributed by atoms with van der Waals surface area (Å²) in [5.41, 5.74) is 0. The van der Waals surface area contributed by atoms with Crippen LogP contribution in [0.25, 0.3) is 0 Å². The van der Waals surface area contributed by atoms with Gasteiger partial charge in [0.15, 0.2) is 11.5 Å². The lowest BCUT2D eigenvalue weighted by atomic mass is 10.3. The summed E-state index contributed by atoms with van der Waals surface area (Å²) >= 11 is 0. The second-order valence-corrected chi connectivity index (χ2v) is 8.87. The fraction of sp³-hybridized carbons (Fsp3) is 0.474. The number of ether oxygens (including phenoxy) is 2. The zero-order valence-corrected chi connectivity index (χ0v) is 18.2. The Kier molecular flexibility index (Phi) is 6.13. The quantitative estimate of drug-likeness (QED) is 0.691. The van der Waals surface area contributed by atoms with E-state index in [1.165, 1.54) is 24.6 Å². The second kappa shape index (κ2) is 8.42. The molecule has 0 spiro atoms. The van der Waals surface area contributed by atoms with Gasteiger partial charge < -0.3 is 19.3 Å². The lowest BCUT2D eigenvalue weighted by Gasteiger charge is -2.35. The average molecular weight is 422 g/mol. The van der Waals surface area contributed by atoms with Crippen LogP contribution in [-0.2, 0) is 10.0 Å². The predicted molar refractivity (Wildman–Crippen MR) is 112 cm³/mol. The van der Waals surface area contributed by atoms with Crippen molar-refractivity contribution in [2.24, 2.45) is 0 Å². The number of anilines is 2. The minimum atomic E-state index is -3.62. The van der Waals surface area contributed by atoms with E-state index in [1.54, 1.807) is 12.1 Å². The van der Waals surface area contributed by atoms with Gasteiger partial charge in [-0.1, -0.05) is 0 Å². The number of methoxy groups -OCH3 is 2. The molecule has 1 saturated heterocycles. The molecule has 1 aromatic heterocycles. The van der Waals surface area contributed by atoms with E-state index in [4.69, 9.17) is 9.47 Å². The van der Waals surface area contributed by atoms with Gasteiger partial charge in [-0.2, -0.15) is 4.31 Å². The molecule has 0 bridgehead atoms. The molecule has 0 saturated carbocycles. The molecule has 0 aliphatic carbocycles. The smallest absolute Gasteiger partial charge is 0.243 e. The first-order chi connectivity index (χ1) is 13.8. The van der Waals surface area contributed by atoms with Gasteiger partial charge in [-0.15, -0.1) is 0 Å². The molecule has 0 radical (unpaired) electrons. The van der Waals surface area contributed by atoms with Crippen LogP contribution in [0.4, 0.5) is 11.6 Å². The Bertz CT molecular complexity index is 973. The second-order valence-electron chi connectivity index (χ2n) is 6.93. The van der Waals surface area contributed by atoms with Crippen molar-refractivity contribution in [2.75, 3.05) is 64.3 Å². The summed E-state index contributed by atoms with van der Waals surface area (Å²) in [4.78, 5) is 13.1. The monoisotopic (exact) mass is 421 g/mol. The topological polar surface area (TPSA) is 88.1 Å². The summed E-state index contributed by atoms with van der Waals surface area (Å²) in [6.07, 6.45) is 0. The van der Waals surface area contributed by atoms with Crippen molar-refractivity contribution >= 4 is 21.7 Å². The summed E-state index contributed by atoms with van der Waals surface area (Å²) in [6.45, 7) is 3.70. The van der Waals surface area contributed by atoms with Gasteiger partial charge in [-0.05, 0) is 19.1 Å². The standard InChI is InChI=1S/C19H27N5O4S/c1-14-20-18(22(2)3)13-19(21-14)23-8-10-24(11-9-23)29(25,26)15-6-7-16(27-4)17(12-15)28-5/h6-7,12-13H,8-11H2,1-5H3. The number of benzene rings is 1. The Morgan fingerprint density at radius 1 is 0.966 bits per heavy atom. The largest absolute Gasteiger partial charge is 0.493 e. The number of nitrogens with zero attached hydrogens (tertiary/aromatic N) is 5. The minimum Gasteiger partial charge on any atom is -0.493 e. The Morgan fingerprint density at radius 3 is 2.21 bits per heavy atom. The lowest BCUT2D eigenvalue weighted by molar-refractivity contribution is 0.353. The molecule has 1 fully saturated rings. The molecular formula is C19H27N5O4S. The van der Waals surface area contributed by atoms with Crippen LogP contribution in [0.2, 0.25) is 0 Å². The molecule has 0 N–H and O–H groups in total. The summed E-state index contributed by atoms with van der Waals surface area (Å²) in [5, 5.41) is 0. The average Bonchev–Trinajstić information content (AvgIpc) is 2.72. The molecule has 29 heavy (non-hydrogen) atoms. The van der Waals surface area contributed by atoms with Gasteiger partial charge in [0.25, 0.3) is 0 Å². The molecule has 1 aliphatic heterocycles. The summed E-state index contributed by atoms with van der Waals surface area (Å²) in [7, 11) is 3.24. The van der Waals surface area contributed by atoms with E-state index < -0.39 is 10.0 Å². The molecule has 0 unspecified atom stereocenters. The maximum Gasteiger partial charge on any atom is 0.243 e. The normalized spacial score (nSPS) is 15.3. The highest BCUT2D eigenvalue weighted by atomic mass is 32.2. The van der Waals surface area contributed by atoms with Crippen LogP contribution in [-0.4, -0.2) is 77.2 Å². The van der Waals surface area contributed by atoms with E-state index >= 15 is 0 Å². The highest BCUT2D eigenvalue weighted by molar-refractivity contribution is 7.89. The maximum atomic E-state index is 13.1. The van der Waals surface area contributed by atoms with Crippen molar-refractivity contribution in [3.05, 3.63) is 30.1 Å². The van der Waals surface area contributed by atoms with Gasteiger partial charge in [-0.25, -0.2) is 18.4 Å². The molecule has 10 heteroatoms. The van der Waals surface area contributed by atoms with Gasteiger partial charge >= 0.3 is 0 Å². The summed E-state index contributed by atoms with van der Waals surface area (Å²) in [5.74, 6) is 3.20. The van der Waals surface area contributed by atoms with Gasteiger partial charge in [-0.3, -0.25) is 0 Å². The van der Waals surface area contributed by atoms with Crippen molar-refractivity contribution in [1.82, 2.24) is 14.3 Å². The Labute approximate surface area is 171 Å². The van der Waals surface area contributed by atoms with E-state index in [0.717, 1.165) is 11.6 Å². The molecule has 158 valence electrons. The Morgan fingerprint density at radius 2 is 1.62 bits per heavy atom. The van der Waals surface area contributed by atoms with Gasteiger partial charge in [0.1, 0.15) is 17.5 Å². The van der Waals surface area contributed by atoms with E-state index in [-0.39, 0.29) is 4.90 Å². The van der Waals surface area contributed by atoms with Crippen LogP contribution in [0.15, 0.2) is 29.2 Å². The minimum absolute atomic E-state index is 0.191. The number of sulfonamides is 1. The van der Waals surface area contributed by atoms with Crippen molar-refractivity contribution < 1.29 is 17.9 Å². The highest BCUT2D eigenvalue weighted by Gasteiger charge is 2.30. The Hall–Kier alpha value is -2.59. The van der Waals surface area contributed by atoms with E-state index in [9.17, 15) is 8.42 Å². The van der Waals surface area contributed by atoms with Crippen molar-refractivity contribution in [3.63, 3.8) is 0 Å². The van der Waals surface area contributed by atoms with Crippen LogP contribution in [0.3, 0.4) is 0 Å². The maximum absolute atomic E-state index is 13.1. The van der Waals surface area contributed by atoms with Crippen molar-refractivity contribution in [3.8, 4) is 11.5 Å². The molecule has 3 rings (SSSR count). The number of piperazine rings is 1. The van der Waals surface area contributed by atoms with Crippen LogP contribution < -0.4 is 19.3 Å². The number of rotatable bonds is 6. The molecule has 9 nitrogen and oxygen atoms in total. The fourth-order valence-corrected chi connectivity index (χ4v) is 4.65. The fourth-order valence-electron chi connectivity index (χ4n) is 3.21. The summed E-state index contributed by atoms with van der Waals surface area (Å²) < 4.78 is 38.1. The van der Waals surface area contributed by atoms with Gasteiger partial charge in [0.2, 0.25) is 10.0 Å². The van der Waals surface area contributed by atoms with E-state index in [1.807, 2.05) is 32.0 Å². The Balaban J connectivity index is 1.77. The lowest BCUT2D eigenvalue weighted by Crippen LogP contribution is -2.49. The first-order valence-electron chi connectivity index (χ1n) is 9.26. The number of aromatic nitrogens is 2. The van der Waals surface area contributed by atoms with Gasteiger partial charge in [0, 0.05) is 52.4 Å². The van der Waals surface area contributed by atoms with E-state index in [0.29, 0.717) is 43.5 Å². The van der Waals surface area contributed by atoms with Crippen LogP contribution in [0, 0.1) is 6.92 Å². The first kappa shape index (κ1) is 21.1. The zero-order valence-electron chi connectivity index (χ0n) is 17.4. The van der Waals surface area contributed by atoms with Crippen LogP contribution in [0.5, 0.6) is 11.5 Å². The molecule has 0 amide bonds. The third-order valence-corrected chi connectivity index (χ3v) is 6.72. The van der Waals surface area contributed by atoms with Crippen LogP contribution in [0.1, 0.15) is 5.82 Å². The van der Waals surface area contributed by atoms with E-state index in [2.05, 4.69) is 14.9 Å². The molecule has 2 aromatic rings. The molecule has 2 heterocycles. The summed E-state index contributed by atoms with van der Waals surface area (Å²) in [6, 6.07) is 6.57. The van der Waals surface area contributed by atoms with Crippen LogP contribution >= 0.6 is 0 Å². The molecule has 1 aromatic carbocycles. The predicted octanol–water partition coefficient (Wildman–Crippen LogP) is 1.38. The van der Waals surface area contributed by atoms with Crippen molar-refractivity contribution in [1.29, 1.82) is 0 Å². The third kappa shape index (κ3) is 4.38. The van der Waals surface area contributed by atoms with Gasteiger partial charge in [0.05, 0.1) is 19.1 Å². The van der Waals surface area contributed by atoms with Crippen molar-refractivity contribution in [2.45, 2.75) is 11.8 Å². The SMILES string of the molecule is COc1ccc(S(=O)(=O)N2CCN(c3cc(N(C)C)nc(C)n3)CC2)cc1OC. The molecular weight excluding hydrogens is 394 g/mol. The number of hydrogen-bond donors (Lipinski definition) is 0. The third-order valence-electron chi connectivity index (χ3n) is 4.82.